The van der Waals surface area contributed by atoms with Crippen LogP contribution in [0.4, 0.5) is 0 Å². The van der Waals surface area contributed by atoms with E-state index in [9.17, 15) is 9.90 Å². The van der Waals surface area contributed by atoms with Gasteiger partial charge in [-0.05, 0) is 109 Å². The van der Waals surface area contributed by atoms with Crippen LogP contribution in [0.1, 0.15) is 113 Å². The largest absolute Gasteiger partial charge is 0.512 e. The van der Waals surface area contributed by atoms with Crippen LogP contribution in [0, 0.1) is 65.5 Å². The van der Waals surface area contributed by atoms with E-state index in [0.717, 1.165) is 69.4 Å². The summed E-state index contributed by atoms with van der Waals surface area (Å²) < 4.78 is 1.14. The summed E-state index contributed by atoms with van der Waals surface area (Å²) >= 11 is 1.80. The average Bonchev–Trinajstić information content (AvgIpc) is 3.91. The molecule has 8 heteroatoms. The zero-order valence-electron chi connectivity index (χ0n) is 49.6. The van der Waals surface area contributed by atoms with Gasteiger partial charge in [-0.1, -0.05) is 189 Å². The maximum Gasteiger partial charge on any atom is 0.162 e. The molecule has 5 nitrogen and oxygen atoms in total. The number of hydrogen-bond acceptors (Lipinski definition) is 6. The number of ketones is 1. The number of pyridine rings is 1. The summed E-state index contributed by atoms with van der Waals surface area (Å²) in [5, 5.41) is 13.7. The Morgan fingerprint density at radius 1 is 0.658 bits per heavy atom. The molecule has 6 aromatic carbocycles. The summed E-state index contributed by atoms with van der Waals surface area (Å²) in [5.41, 5.74) is 20.1. The minimum absolute atomic E-state index is 0. The van der Waals surface area contributed by atoms with E-state index in [1.54, 1.807) is 17.7 Å². The molecule has 79 heavy (non-hydrogen) atoms. The zero-order chi connectivity index (χ0) is 56.6. The van der Waals surface area contributed by atoms with Gasteiger partial charge in [-0.25, -0.2) is 4.98 Å². The standard InChI is InChI=1S/C34H34NSi.C24H23N2S.C13H24O2.Ir/c1-34(2,3)32-22-29(21-28-9-7-8-10-31(28)32)33-23-27(19-20-35-33)26-13-11-24(12-14-26)25-15-17-30(18-16-25)36(4,5)6;1-13-7-14(2)11-19(10-13)22-24-21(25-12-26-22)18(6)23(27-24)20-16(4)8-15(3)9-17(20)5;1-5-10(6-2)12(14)9-13(15)11(7-3)8-4;/h7-20,22-23H,1-6H3;7-10,12H,1-6H3;9-11,14H,5-8H2,1-4H3;/q2*-1;;/b;;12-9-;. The molecule has 9 aromatic rings. The fourth-order valence-electron chi connectivity index (χ4n) is 10.6. The molecule has 0 fully saturated rings. The van der Waals surface area contributed by atoms with Crippen molar-refractivity contribution in [3.63, 3.8) is 0 Å². The number of allylic oxidation sites excluding steroid dienone is 2. The van der Waals surface area contributed by atoms with Crippen molar-refractivity contribution >= 4 is 51.4 Å². The molecule has 0 atom stereocenters. The first kappa shape index (κ1) is 62.0. The Balaban J connectivity index is 0.000000207. The molecule has 0 saturated heterocycles. The molecule has 1 N–H and O–H groups in total. The molecule has 1 radical (unpaired) electrons. The van der Waals surface area contributed by atoms with E-state index in [-0.39, 0.29) is 48.9 Å². The monoisotopic (exact) mass is 1260 g/mol. The average molecular weight is 1260 g/mol. The van der Waals surface area contributed by atoms with Gasteiger partial charge in [0, 0.05) is 65.2 Å². The second kappa shape index (κ2) is 26.9. The van der Waals surface area contributed by atoms with Gasteiger partial charge in [0.1, 0.15) is 6.33 Å². The number of carbonyl (C=O) groups is 1. The Labute approximate surface area is 491 Å². The minimum Gasteiger partial charge on any atom is -0.512 e. The van der Waals surface area contributed by atoms with Gasteiger partial charge in [-0.3, -0.25) is 14.8 Å². The summed E-state index contributed by atoms with van der Waals surface area (Å²) in [6.07, 6.45) is 8.50. The number of aliphatic hydroxyl groups is 1. The molecule has 0 aliphatic heterocycles. The molecule has 0 aliphatic rings. The van der Waals surface area contributed by atoms with Crippen LogP contribution in [0.3, 0.4) is 0 Å². The maximum absolute atomic E-state index is 11.7. The summed E-state index contributed by atoms with van der Waals surface area (Å²) in [6.45, 7) is 35.0. The normalized spacial score (nSPS) is 11.8. The van der Waals surface area contributed by atoms with E-state index < -0.39 is 8.07 Å². The van der Waals surface area contributed by atoms with Crippen LogP contribution in [0.25, 0.3) is 76.2 Å². The molecule has 413 valence electrons. The van der Waals surface area contributed by atoms with Crippen molar-refractivity contribution < 1.29 is 30.0 Å². The molecule has 0 amide bonds. The van der Waals surface area contributed by atoms with Crippen molar-refractivity contribution in [1.82, 2.24) is 15.0 Å². The van der Waals surface area contributed by atoms with Crippen LogP contribution >= 0.6 is 11.3 Å². The molecule has 0 bridgehead atoms. The molecule has 0 aliphatic carbocycles. The van der Waals surface area contributed by atoms with E-state index in [4.69, 9.17) is 4.98 Å². The minimum atomic E-state index is -1.28. The van der Waals surface area contributed by atoms with E-state index in [2.05, 4.69) is 219 Å². The number of thiophene rings is 1. The summed E-state index contributed by atoms with van der Waals surface area (Å²) in [5.74, 6) is 0.547. The van der Waals surface area contributed by atoms with Crippen molar-refractivity contribution in [1.29, 1.82) is 0 Å². The SMILES string of the molecule is CC(C)(C)c1cc(-c2cc(-c3ccc(-c4ccc([Si](C)(C)C)cc4)cc3)ccn2)[c-]c2ccccc12.CCC(CC)C(=O)/C=C(\O)C(CC)CC.Cc1[c-]c(-c2ncnc3c(C)c(-c4c(C)cc(C)cc4C)sc23)cc(C)c1.[Ir]. The zero-order valence-corrected chi connectivity index (χ0v) is 53.8. The van der Waals surface area contributed by atoms with Gasteiger partial charge < -0.3 is 5.11 Å². The van der Waals surface area contributed by atoms with Gasteiger partial charge in [0.05, 0.1) is 19.3 Å². The Bertz CT molecular complexity index is 3530. The number of nitrogens with zero attached hydrogens (tertiary/aromatic N) is 3. The van der Waals surface area contributed by atoms with Crippen molar-refractivity contribution in [3.8, 4) is 55.2 Å². The van der Waals surface area contributed by atoms with Crippen LogP contribution in [-0.2, 0) is 30.3 Å². The predicted octanol–water partition coefficient (Wildman–Crippen LogP) is 19.4. The number of rotatable bonds is 13. The Morgan fingerprint density at radius 3 is 1.80 bits per heavy atom. The van der Waals surface area contributed by atoms with E-state index >= 15 is 0 Å². The number of benzene rings is 6. The van der Waals surface area contributed by atoms with Gasteiger partial charge in [0.2, 0.25) is 0 Å². The molecule has 9 rings (SSSR count). The smallest absolute Gasteiger partial charge is 0.162 e. The number of aliphatic hydroxyl groups excluding tert-OH is 1. The van der Waals surface area contributed by atoms with Gasteiger partial charge in [-0.2, -0.15) is 0 Å². The first-order valence-corrected chi connectivity index (χ1v) is 32.3. The predicted molar refractivity (Wildman–Crippen MR) is 338 cm³/mol. The number of aromatic nitrogens is 3. The summed E-state index contributed by atoms with van der Waals surface area (Å²) in [4.78, 5) is 27.0. The van der Waals surface area contributed by atoms with Gasteiger partial charge in [-0.15, -0.1) is 75.4 Å². The van der Waals surface area contributed by atoms with E-state index in [0.29, 0.717) is 0 Å². The molecule has 0 unspecified atom stereocenters. The molecule has 0 saturated carbocycles. The third-order valence-corrected chi connectivity index (χ3v) is 18.4. The second-order valence-electron chi connectivity index (χ2n) is 23.2. The van der Waals surface area contributed by atoms with Crippen molar-refractivity contribution in [2.45, 2.75) is 141 Å². The quantitative estimate of drug-likeness (QED) is 0.0539. The van der Waals surface area contributed by atoms with E-state index in [1.165, 1.54) is 82.7 Å². The summed E-state index contributed by atoms with van der Waals surface area (Å²) in [6, 6.07) is 49.0. The third kappa shape index (κ3) is 15.0. The Hall–Kier alpha value is -6.15. The van der Waals surface area contributed by atoms with Crippen LogP contribution < -0.4 is 5.19 Å². The fraction of sp³-hybridized carbons (Fsp3) is 0.324. The first-order chi connectivity index (χ1) is 37.0. The van der Waals surface area contributed by atoms with Crippen LogP contribution in [-0.4, -0.2) is 33.9 Å². The number of carbonyl (C=O) groups excluding carboxylic acids is 1. The van der Waals surface area contributed by atoms with Gasteiger partial charge in [0.25, 0.3) is 0 Å². The number of fused-ring (bicyclic) bond motifs is 2. The molecule has 0 spiro atoms. The molecular formula is C71H81IrN3O2SSi-2. The summed E-state index contributed by atoms with van der Waals surface area (Å²) in [7, 11) is -1.28. The molecular weight excluding hydrogens is 1180 g/mol. The van der Waals surface area contributed by atoms with Gasteiger partial charge >= 0.3 is 0 Å². The van der Waals surface area contributed by atoms with E-state index in [1.807, 2.05) is 33.9 Å². The topological polar surface area (TPSA) is 76.0 Å². The molecule has 3 aromatic heterocycles. The second-order valence-corrected chi connectivity index (χ2v) is 29.3. The Morgan fingerprint density at radius 2 is 1.23 bits per heavy atom. The number of aryl methyl sites for hydroxylation is 6. The van der Waals surface area contributed by atoms with Crippen LogP contribution in [0.15, 0.2) is 140 Å². The first-order valence-electron chi connectivity index (χ1n) is 28.0. The van der Waals surface area contributed by atoms with Crippen molar-refractivity contribution in [3.05, 3.63) is 191 Å². The van der Waals surface area contributed by atoms with Crippen LogP contribution in [0.5, 0.6) is 0 Å². The van der Waals surface area contributed by atoms with Crippen molar-refractivity contribution in [2.75, 3.05) is 0 Å². The molecule has 3 heterocycles. The van der Waals surface area contributed by atoms with Crippen molar-refractivity contribution in [2.24, 2.45) is 11.8 Å². The Kier molecular flexibility index (Phi) is 21.1. The number of hydrogen-bond donors (Lipinski definition) is 1. The fourth-order valence-corrected chi connectivity index (χ4v) is 13.2. The third-order valence-electron chi connectivity index (χ3n) is 15.0. The van der Waals surface area contributed by atoms with Crippen LogP contribution in [0.2, 0.25) is 19.6 Å². The van der Waals surface area contributed by atoms with Gasteiger partial charge in [0.15, 0.2) is 5.78 Å². The maximum atomic E-state index is 11.7.